The molecule has 0 aliphatic carbocycles. The maximum Gasteiger partial charge on any atom is 0.260 e. The average molecular weight is 500 g/mol. The van der Waals surface area contributed by atoms with E-state index >= 15 is 0 Å². The van der Waals surface area contributed by atoms with E-state index in [9.17, 15) is 13.2 Å². The lowest BCUT2D eigenvalue weighted by Gasteiger charge is -2.20. The van der Waals surface area contributed by atoms with Crippen LogP contribution in [0.3, 0.4) is 0 Å². The molecule has 34 heavy (non-hydrogen) atoms. The molecule has 4 rings (SSSR count). The molecule has 1 amide bonds. The van der Waals surface area contributed by atoms with Gasteiger partial charge in [0.15, 0.2) is 5.13 Å². The summed E-state index contributed by atoms with van der Waals surface area (Å²) >= 11 is 1.37. The van der Waals surface area contributed by atoms with Gasteiger partial charge >= 0.3 is 0 Å². The zero-order valence-corrected chi connectivity index (χ0v) is 20.7. The molecule has 0 unspecified atom stereocenters. The van der Waals surface area contributed by atoms with Crippen LogP contribution in [0.5, 0.6) is 5.75 Å². The molecule has 4 aromatic rings. The van der Waals surface area contributed by atoms with E-state index in [2.05, 4.69) is 4.98 Å². The van der Waals surface area contributed by atoms with Crippen molar-refractivity contribution in [1.29, 1.82) is 0 Å². The predicted octanol–water partition coefficient (Wildman–Crippen LogP) is 4.78. The number of anilines is 1. The maximum absolute atomic E-state index is 13.5. The van der Waals surface area contributed by atoms with Gasteiger partial charge in [0.25, 0.3) is 5.91 Å². The lowest BCUT2D eigenvalue weighted by molar-refractivity contribution is 0.0983. The number of hydrogen-bond donors (Lipinski definition) is 0. The van der Waals surface area contributed by atoms with Gasteiger partial charge in [-0.15, -0.1) is 0 Å². The first-order chi connectivity index (χ1) is 16.4. The van der Waals surface area contributed by atoms with Crippen LogP contribution in [0.2, 0.25) is 0 Å². The van der Waals surface area contributed by atoms with Crippen molar-refractivity contribution in [1.82, 2.24) is 9.29 Å². The van der Waals surface area contributed by atoms with Crippen LogP contribution in [0.4, 0.5) is 5.13 Å². The van der Waals surface area contributed by atoms with Gasteiger partial charge in [-0.1, -0.05) is 25.2 Å². The molecule has 2 aromatic carbocycles. The number of amides is 1. The second kappa shape index (κ2) is 9.96. The zero-order valence-electron chi connectivity index (χ0n) is 19.1. The van der Waals surface area contributed by atoms with Crippen molar-refractivity contribution >= 4 is 42.6 Å². The number of carbonyl (C=O) groups excluding carboxylic acids is 1. The molecule has 0 radical (unpaired) electrons. The highest BCUT2D eigenvalue weighted by Gasteiger charge is 2.25. The normalized spacial score (nSPS) is 11.8. The number of aromatic nitrogens is 1. The van der Waals surface area contributed by atoms with E-state index in [0.29, 0.717) is 35.3 Å². The van der Waals surface area contributed by atoms with E-state index in [1.54, 1.807) is 39.4 Å². The molecule has 0 fully saturated rings. The van der Waals surface area contributed by atoms with Crippen molar-refractivity contribution in [3.8, 4) is 5.75 Å². The number of sulfonamides is 1. The predicted molar refractivity (Wildman–Crippen MR) is 132 cm³/mol. The fraction of sp³-hybridized carbons (Fsp3) is 0.250. The Morgan fingerprint density at radius 1 is 1.09 bits per heavy atom. The maximum atomic E-state index is 13.5. The minimum atomic E-state index is -3.61. The van der Waals surface area contributed by atoms with E-state index in [1.807, 2.05) is 18.2 Å². The van der Waals surface area contributed by atoms with Crippen LogP contribution in [0.15, 0.2) is 70.2 Å². The second-order valence-corrected chi connectivity index (χ2v) is 10.4. The van der Waals surface area contributed by atoms with Gasteiger partial charge in [0.05, 0.1) is 35.0 Å². The van der Waals surface area contributed by atoms with Gasteiger partial charge in [-0.3, -0.25) is 9.69 Å². The summed E-state index contributed by atoms with van der Waals surface area (Å²) in [7, 11) is -2.01. The Labute approximate surface area is 202 Å². The largest absolute Gasteiger partial charge is 0.497 e. The van der Waals surface area contributed by atoms with E-state index in [1.165, 1.54) is 44.8 Å². The van der Waals surface area contributed by atoms with Crippen LogP contribution < -0.4 is 9.64 Å². The highest BCUT2D eigenvalue weighted by molar-refractivity contribution is 7.89. The second-order valence-electron chi connectivity index (χ2n) is 7.41. The van der Waals surface area contributed by atoms with Crippen LogP contribution in [0.1, 0.15) is 30.0 Å². The molecule has 2 heterocycles. The standard InChI is InChI=1S/C24H25N3O5S2/c1-4-26(5-2)34(29,30)20-11-8-17(9-12-20)23(28)27(16-19-7-6-14-32-19)24-25-21-13-10-18(31-3)15-22(21)33-24/h6-15H,4-5,16H2,1-3H3. The van der Waals surface area contributed by atoms with Crippen LogP contribution in [0.25, 0.3) is 10.2 Å². The number of benzene rings is 2. The Morgan fingerprint density at radius 3 is 2.44 bits per heavy atom. The van der Waals surface area contributed by atoms with Gasteiger partial charge in [0.1, 0.15) is 11.5 Å². The van der Waals surface area contributed by atoms with Crippen molar-refractivity contribution in [2.24, 2.45) is 0 Å². The molecular weight excluding hydrogens is 474 g/mol. The van der Waals surface area contributed by atoms with Crippen LogP contribution in [-0.4, -0.2) is 43.8 Å². The van der Waals surface area contributed by atoms with Crippen molar-refractivity contribution in [2.45, 2.75) is 25.3 Å². The first-order valence-corrected chi connectivity index (χ1v) is 13.0. The van der Waals surface area contributed by atoms with Crippen molar-refractivity contribution in [2.75, 3.05) is 25.1 Å². The minimum absolute atomic E-state index is 0.150. The monoisotopic (exact) mass is 499 g/mol. The van der Waals surface area contributed by atoms with E-state index in [4.69, 9.17) is 9.15 Å². The fourth-order valence-electron chi connectivity index (χ4n) is 3.56. The molecule has 0 saturated carbocycles. The summed E-state index contributed by atoms with van der Waals surface area (Å²) < 4.78 is 38.6. The Kier molecular flexibility index (Phi) is 7.01. The highest BCUT2D eigenvalue weighted by Crippen LogP contribution is 2.33. The molecule has 0 spiro atoms. The lowest BCUT2D eigenvalue weighted by atomic mass is 10.2. The number of thiazole rings is 1. The number of methoxy groups -OCH3 is 1. The first-order valence-electron chi connectivity index (χ1n) is 10.8. The third kappa shape index (κ3) is 4.70. The zero-order chi connectivity index (χ0) is 24.3. The molecular formula is C24H25N3O5S2. The van der Waals surface area contributed by atoms with Crippen molar-refractivity contribution in [3.05, 3.63) is 72.2 Å². The van der Waals surface area contributed by atoms with E-state index in [-0.39, 0.29) is 17.3 Å². The number of hydrogen-bond acceptors (Lipinski definition) is 7. The summed E-state index contributed by atoms with van der Waals surface area (Å²) in [5, 5.41) is 0.504. The summed E-state index contributed by atoms with van der Waals surface area (Å²) in [6.07, 6.45) is 1.55. The van der Waals surface area contributed by atoms with Gasteiger partial charge in [0, 0.05) is 18.7 Å². The lowest BCUT2D eigenvalue weighted by Crippen LogP contribution is -2.31. The molecule has 0 aliphatic rings. The molecule has 8 nitrogen and oxygen atoms in total. The Balaban J connectivity index is 1.69. The van der Waals surface area contributed by atoms with Gasteiger partial charge in [0.2, 0.25) is 10.0 Å². The van der Waals surface area contributed by atoms with Crippen molar-refractivity contribution < 1.29 is 22.4 Å². The smallest absolute Gasteiger partial charge is 0.260 e. The number of rotatable bonds is 9. The van der Waals surface area contributed by atoms with Crippen LogP contribution >= 0.6 is 11.3 Å². The van der Waals surface area contributed by atoms with Crippen molar-refractivity contribution in [3.63, 3.8) is 0 Å². The fourth-order valence-corrected chi connectivity index (χ4v) is 6.01. The van der Waals surface area contributed by atoms with Crippen LogP contribution in [0, 0.1) is 0 Å². The number of nitrogens with zero attached hydrogens (tertiary/aromatic N) is 3. The highest BCUT2D eigenvalue weighted by atomic mass is 32.2. The average Bonchev–Trinajstić information content (AvgIpc) is 3.52. The quantitative estimate of drug-likeness (QED) is 0.329. The SMILES string of the molecule is CCN(CC)S(=O)(=O)c1ccc(C(=O)N(Cc2ccco2)c2nc3ccc(OC)cc3s2)cc1. The minimum Gasteiger partial charge on any atom is -0.497 e. The summed E-state index contributed by atoms with van der Waals surface area (Å²) in [6, 6.07) is 15.1. The molecule has 178 valence electrons. The molecule has 0 aliphatic heterocycles. The van der Waals surface area contributed by atoms with Gasteiger partial charge in [-0.05, 0) is 54.6 Å². The number of furan rings is 1. The summed E-state index contributed by atoms with van der Waals surface area (Å²) in [6.45, 7) is 4.51. The molecule has 0 atom stereocenters. The van der Waals surface area contributed by atoms with Gasteiger partial charge in [-0.25, -0.2) is 13.4 Å². The molecule has 0 N–H and O–H groups in total. The summed E-state index contributed by atoms with van der Waals surface area (Å²) in [5.41, 5.74) is 1.10. The molecule has 2 aromatic heterocycles. The Morgan fingerprint density at radius 2 is 1.82 bits per heavy atom. The third-order valence-corrected chi connectivity index (χ3v) is 8.50. The van der Waals surface area contributed by atoms with Crippen LogP contribution in [-0.2, 0) is 16.6 Å². The van der Waals surface area contributed by atoms with Gasteiger partial charge < -0.3 is 9.15 Å². The molecule has 0 saturated heterocycles. The van der Waals surface area contributed by atoms with E-state index < -0.39 is 10.0 Å². The summed E-state index contributed by atoms with van der Waals surface area (Å²) in [5.74, 6) is 0.997. The third-order valence-electron chi connectivity index (χ3n) is 5.40. The van der Waals surface area contributed by atoms with E-state index in [0.717, 1.165) is 10.2 Å². The number of ether oxygens (including phenoxy) is 1. The molecule has 0 bridgehead atoms. The first kappa shape index (κ1) is 23.9. The Bertz CT molecular complexity index is 1380. The topological polar surface area (TPSA) is 93.0 Å². The number of fused-ring (bicyclic) bond motifs is 1. The molecule has 10 heteroatoms. The summed E-state index contributed by atoms with van der Waals surface area (Å²) in [4.78, 5) is 19.9. The Hall–Kier alpha value is -3.21. The number of carbonyl (C=O) groups is 1. The van der Waals surface area contributed by atoms with Gasteiger partial charge in [-0.2, -0.15) is 4.31 Å².